The van der Waals surface area contributed by atoms with Crippen molar-refractivity contribution in [2.24, 2.45) is 5.92 Å². The maximum absolute atomic E-state index is 3.59. The second-order valence-corrected chi connectivity index (χ2v) is 8.87. The van der Waals surface area contributed by atoms with Gasteiger partial charge in [0.25, 0.3) is 0 Å². The molecule has 1 saturated carbocycles. The van der Waals surface area contributed by atoms with Crippen molar-refractivity contribution in [1.29, 1.82) is 0 Å². The molecular weight excluding hydrogens is 354 g/mol. The van der Waals surface area contributed by atoms with E-state index in [9.17, 15) is 0 Å². The Kier molecular flexibility index (Phi) is 7.61. The third-order valence-corrected chi connectivity index (χ3v) is 6.68. The molecule has 0 atom stereocenters. The largest absolute Gasteiger partial charge is 0.385 e. The molecule has 0 aromatic heterocycles. The molecule has 4 rings (SSSR count). The maximum Gasteiger partial charge on any atom is 0.0340 e. The van der Waals surface area contributed by atoms with Gasteiger partial charge in [-0.25, -0.2) is 0 Å². The molecule has 2 aromatic rings. The summed E-state index contributed by atoms with van der Waals surface area (Å²) in [5, 5.41) is 3.59. The van der Waals surface area contributed by atoms with Gasteiger partial charge in [-0.3, -0.25) is 0 Å². The number of hydrogen-bond donors (Lipinski definition) is 1. The van der Waals surface area contributed by atoms with Crippen molar-refractivity contribution < 1.29 is 0 Å². The molecule has 0 spiro atoms. The summed E-state index contributed by atoms with van der Waals surface area (Å²) in [4.78, 5) is 5.37. The predicted molar refractivity (Wildman–Crippen MR) is 124 cm³/mol. The topological polar surface area (TPSA) is 18.5 Å². The van der Waals surface area contributed by atoms with E-state index < -0.39 is 0 Å². The Balaban J connectivity index is 1.11. The molecule has 2 fully saturated rings. The van der Waals surface area contributed by atoms with Gasteiger partial charge >= 0.3 is 0 Å². The standard InChI is InChI=1S/C26H37N3/c1-3-8-23(9-4-1)22-29-20-18-28(19-21-29)17-7-16-27-26-14-12-25(13-15-26)24-10-5-2-6-11-24/h2,5-6,10-15,23,27H,1,3-4,7-9,16-22H2. The van der Waals surface area contributed by atoms with Gasteiger partial charge in [0.05, 0.1) is 0 Å². The molecule has 1 N–H and O–H groups in total. The number of nitrogens with one attached hydrogen (secondary N) is 1. The molecule has 2 aliphatic rings. The van der Waals surface area contributed by atoms with Crippen molar-refractivity contribution in [3.8, 4) is 11.1 Å². The lowest BCUT2D eigenvalue weighted by Gasteiger charge is -2.37. The Labute approximate surface area is 177 Å². The van der Waals surface area contributed by atoms with Crippen molar-refractivity contribution in [2.45, 2.75) is 38.5 Å². The van der Waals surface area contributed by atoms with Gasteiger partial charge < -0.3 is 15.1 Å². The molecule has 3 heteroatoms. The summed E-state index contributed by atoms with van der Waals surface area (Å²) < 4.78 is 0. The lowest BCUT2D eigenvalue weighted by atomic mass is 9.89. The average molecular weight is 392 g/mol. The zero-order chi connectivity index (χ0) is 19.7. The molecular formula is C26H37N3. The molecule has 0 amide bonds. The van der Waals surface area contributed by atoms with E-state index in [1.165, 1.54) is 94.6 Å². The zero-order valence-electron chi connectivity index (χ0n) is 17.9. The highest BCUT2D eigenvalue weighted by Crippen LogP contribution is 2.25. The average Bonchev–Trinajstić information content (AvgIpc) is 2.79. The quantitative estimate of drug-likeness (QED) is 0.612. The van der Waals surface area contributed by atoms with Gasteiger partial charge in [0, 0.05) is 45.0 Å². The molecule has 156 valence electrons. The first-order valence-electron chi connectivity index (χ1n) is 11.7. The monoisotopic (exact) mass is 391 g/mol. The lowest BCUT2D eigenvalue weighted by Crippen LogP contribution is -2.48. The molecule has 0 bridgehead atoms. The first kappa shape index (κ1) is 20.4. The minimum Gasteiger partial charge on any atom is -0.385 e. The third kappa shape index (κ3) is 6.32. The van der Waals surface area contributed by atoms with E-state index in [1.54, 1.807) is 0 Å². The van der Waals surface area contributed by atoms with Crippen LogP contribution in [0.25, 0.3) is 11.1 Å². The van der Waals surface area contributed by atoms with Gasteiger partial charge in [0.2, 0.25) is 0 Å². The van der Waals surface area contributed by atoms with E-state index in [4.69, 9.17) is 0 Å². The minimum absolute atomic E-state index is 0.979. The van der Waals surface area contributed by atoms with E-state index in [2.05, 4.69) is 69.7 Å². The smallest absolute Gasteiger partial charge is 0.0340 e. The van der Waals surface area contributed by atoms with E-state index in [1.807, 2.05) is 0 Å². The molecule has 0 unspecified atom stereocenters. The molecule has 1 aliphatic carbocycles. The molecule has 0 radical (unpaired) electrons. The summed E-state index contributed by atoms with van der Waals surface area (Å²) in [5.41, 5.74) is 3.78. The minimum atomic E-state index is 0.979. The van der Waals surface area contributed by atoms with Crippen LogP contribution in [-0.4, -0.2) is 55.6 Å². The number of piperazine rings is 1. The Morgan fingerprint density at radius 3 is 2.10 bits per heavy atom. The summed E-state index contributed by atoms with van der Waals surface area (Å²) in [6.07, 6.45) is 8.55. The van der Waals surface area contributed by atoms with Gasteiger partial charge in [-0.05, 0) is 55.0 Å². The molecule has 29 heavy (non-hydrogen) atoms. The van der Waals surface area contributed by atoms with Crippen LogP contribution in [0.5, 0.6) is 0 Å². The van der Waals surface area contributed by atoms with Crippen LogP contribution < -0.4 is 5.32 Å². The molecule has 1 saturated heterocycles. The van der Waals surface area contributed by atoms with Crippen LogP contribution in [0.4, 0.5) is 5.69 Å². The van der Waals surface area contributed by atoms with Crippen molar-refractivity contribution in [2.75, 3.05) is 51.1 Å². The summed E-state index contributed by atoms with van der Waals surface area (Å²) in [7, 11) is 0. The predicted octanol–water partition coefficient (Wildman–Crippen LogP) is 5.35. The van der Waals surface area contributed by atoms with Crippen LogP contribution in [-0.2, 0) is 0 Å². The Hall–Kier alpha value is -1.84. The van der Waals surface area contributed by atoms with Crippen LogP contribution in [0.15, 0.2) is 54.6 Å². The number of anilines is 1. The van der Waals surface area contributed by atoms with Crippen molar-refractivity contribution >= 4 is 5.69 Å². The van der Waals surface area contributed by atoms with Crippen molar-refractivity contribution in [1.82, 2.24) is 9.80 Å². The van der Waals surface area contributed by atoms with Gasteiger partial charge in [0.1, 0.15) is 0 Å². The number of nitrogens with zero attached hydrogens (tertiary/aromatic N) is 2. The van der Waals surface area contributed by atoms with Gasteiger partial charge in [-0.1, -0.05) is 61.7 Å². The van der Waals surface area contributed by atoms with E-state index in [0.717, 1.165) is 12.5 Å². The van der Waals surface area contributed by atoms with E-state index in [-0.39, 0.29) is 0 Å². The number of hydrogen-bond acceptors (Lipinski definition) is 3. The highest BCUT2D eigenvalue weighted by Gasteiger charge is 2.21. The van der Waals surface area contributed by atoms with Gasteiger partial charge in [-0.2, -0.15) is 0 Å². The Morgan fingerprint density at radius 1 is 0.724 bits per heavy atom. The number of rotatable bonds is 8. The van der Waals surface area contributed by atoms with Crippen LogP contribution in [0.2, 0.25) is 0 Å². The first-order valence-corrected chi connectivity index (χ1v) is 11.7. The van der Waals surface area contributed by atoms with Crippen LogP contribution in [0.1, 0.15) is 38.5 Å². The second-order valence-electron chi connectivity index (χ2n) is 8.87. The van der Waals surface area contributed by atoms with Gasteiger partial charge in [-0.15, -0.1) is 0 Å². The van der Waals surface area contributed by atoms with Crippen LogP contribution >= 0.6 is 0 Å². The lowest BCUT2D eigenvalue weighted by molar-refractivity contribution is 0.109. The summed E-state index contributed by atoms with van der Waals surface area (Å²) in [5.74, 6) is 0.979. The molecule has 3 nitrogen and oxygen atoms in total. The van der Waals surface area contributed by atoms with E-state index >= 15 is 0 Å². The molecule has 1 aliphatic heterocycles. The Morgan fingerprint density at radius 2 is 1.38 bits per heavy atom. The summed E-state index contributed by atoms with van der Waals surface area (Å²) >= 11 is 0. The normalized spacial score (nSPS) is 19.3. The SMILES string of the molecule is c1ccc(-c2ccc(NCCCN3CCN(CC4CCCCC4)CC3)cc2)cc1. The Bertz CT molecular complexity index is 698. The van der Waals surface area contributed by atoms with Crippen molar-refractivity contribution in [3.05, 3.63) is 54.6 Å². The first-order chi connectivity index (χ1) is 14.4. The van der Waals surface area contributed by atoms with Crippen molar-refractivity contribution in [3.63, 3.8) is 0 Å². The third-order valence-electron chi connectivity index (χ3n) is 6.68. The summed E-state index contributed by atoms with van der Waals surface area (Å²) in [6.45, 7) is 8.65. The van der Waals surface area contributed by atoms with Crippen LogP contribution in [0, 0.1) is 5.92 Å². The van der Waals surface area contributed by atoms with E-state index in [0.29, 0.717) is 0 Å². The maximum atomic E-state index is 3.59. The molecule has 1 heterocycles. The fraction of sp³-hybridized carbons (Fsp3) is 0.538. The van der Waals surface area contributed by atoms with Gasteiger partial charge in [0.15, 0.2) is 0 Å². The fourth-order valence-electron chi connectivity index (χ4n) is 4.88. The fourth-order valence-corrected chi connectivity index (χ4v) is 4.88. The van der Waals surface area contributed by atoms with Crippen LogP contribution in [0.3, 0.4) is 0 Å². The highest BCUT2D eigenvalue weighted by molar-refractivity contribution is 5.65. The zero-order valence-corrected chi connectivity index (χ0v) is 17.9. The second kappa shape index (κ2) is 10.8. The number of benzene rings is 2. The summed E-state index contributed by atoms with van der Waals surface area (Å²) in [6, 6.07) is 19.4. The highest BCUT2D eigenvalue weighted by atomic mass is 15.3. The molecule has 2 aromatic carbocycles.